The van der Waals surface area contributed by atoms with Gasteiger partial charge in [-0.25, -0.2) is 4.79 Å². The van der Waals surface area contributed by atoms with E-state index < -0.39 is 11.4 Å². The van der Waals surface area contributed by atoms with Gasteiger partial charge in [0.15, 0.2) is 5.76 Å². The van der Waals surface area contributed by atoms with Gasteiger partial charge in [-0.05, 0) is 30.3 Å². The van der Waals surface area contributed by atoms with Crippen LogP contribution in [0, 0.1) is 0 Å². The van der Waals surface area contributed by atoms with E-state index in [-0.39, 0.29) is 17.1 Å². The Morgan fingerprint density at radius 3 is 2.41 bits per heavy atom. The van der Waals surface area contributed by atoms with Crippen molar-refractivity contribution in [2.45, 2.75) is 0 Å². The van der Waals surface area contributed by atoms with Crippen LogP contribution in [0.25, 0.3) is 22.3 Å². The van der Waals surface area contributed by atoms with Crippen molar-refractivity contribution in [2.75, 3.05) is 0 Å². The molecule has 4 nitrogen and oxygen atoms in total. The molecule has 0 amide bonds. The molecule has 0 radical (unpaired) electrons. The van der Waals surface area contributed by atoms with Gasteiger partial charge in [0.2, 0.25) is 11.2 Å². The number of esters is 1. The molecule has 0 bridgehead atoms. The Hall–Kier alpha value is -3.37. The second-order valence-electron chi connectivity index (χ2n) is 5.85. The number of carbonyl (C=O) groups is 1. The van der Waals surface area contributed by atoms with Gasteiger partial charge in [-0.1, -0.05) is 60.1 Å². The van der Waals surface area contributed by atoms with Gasteiger partial charge < -0.3 is 9.15 Å². The van der Waals surface area contributed by atoms with Gasteiger partial charge in [0.05, 0.1) is 10.9 Å². The van der Waals surface area contributed by atoms with E-state index in [1.807, 2.05) is 18.2 Å². The number of carbonyl (C=O) groups excluding carboxylic acids is 1. The van der Waals surface area contributed by atoms with E-state index in [2.05, 4.69) is 0 Å². The Balaban J connectivity index is 1.89. The van der Waals surface area contributed by atoms with Gasteiger partial charge in [0.1, 0.15) is 5.58 Å². The zero-order valence-corrected chi connectivity index (χ0v) is 14.8. The molecule has 0 saturated carbocycles. The summed E-state index contributed by atoms with van der Waals surface area (Å²) in [6, 6.07) is 22.2. The molecular weight excluding hydrogens is 364 g/mol. The number of halogens is 1. The minimum absolute atomic E-state index is 0.148. The van der Waals surface area contributed by atoms with Crippen molar-refractivity contribution in [1.29, 1.82) is 0 Å². The summed E-state index contributed by atoms with van der Waals surface area (Å²) in [7, 11) is 0. The van der Waals surface area contributed by atoms with Crippen LogP contribution >= 0.6 is 11.6 Å². The number of benzene rings is 3. The third-order valence-corrected chi connectivity index (χ3v) is 4.28. The Labute approximate surface area is 159 Å². The average Bonchev–Trinajstić information content (AvgIpc) is 2.70. The zero-order valence-electron chi connectivity index (χ0n) is 14.0. The molecule has 27 heavy (non-hydrogen) atoms. The third kappa shape index (κ3) is 3.35. The molecule has 1 aromatic heterocycles. The van der Waals surface area contributed by atoms with Gasteiger partial charge in [-0.15, -0.1) is 0 Å². The Morgan fingerprint density at radius 1 is 0.889 bits per heavy atom. The van der Waals surface area contributed by atoms with Crippen molar-refractivity contribution in [3.05, 3.63) is 99.7 Å². The van der Waals surface area contributed by atoms with E-state index in [9.17, 15) is 9.59 Å². The van der Waals surface area contributed by atoms with E-state index in [4.69, 9.17) is 20.8 Å². The molecular formula is C22H13ClO4. The first-order valence-electron chi connectivity index (χ1n) is 8.22. The second kappa shape index (κ2) is 7.09. The van der Waals surface area contributed by atoms with E-state index >= 15 is 0 Å². The number of rotatable bonds is 3. The van der Waals surface area contributed by atoms with Crippen LogP contribution in [0.5, 0.6) is 5.75 Å². The maximum absolute atomic E-state index is 13.0. The number of para-hydroxylation sites is 1. The lowest BCUT2D eigenvalue weighted by Gasteiger charge is -2.10. The fraction of sp³-hybridized carbons (Fsp3) is 0. The summed E-state index contributed by atoms with van der Waals surface area (Å²) in [5.74, 6) is -0.628. The first-order chi connectivity index (χ1) is 13.1. The molecule has 0 atom stereocenters. The average molecular weight is 377 g/mol. The molecule has 3 aromatic carbocycles. The molecule has 0 aliphatic heterocycles. The molecule has 5 heteroatoms. The minimum Gasteiger partial charge on any atom is -0.452 e. The van der Waals surface area contributed by atoms with E-state index in [1.54, 1.807) is 54.6 Å². The lowest BCUT2D eigenvalue weighted by Crippen LogP contribution is -2.16. The van der Waals surface area contributed by atoms with E-state index in [1.165, 1.54) is 6.07 Å². The van der Waals surface area contributed by atoms with Crippen LogP contribution in [0.1, 0.15) is 10.4 Å². The first kappa shape index (κ1) is 17.1. The fourth-order valence-corrected chi connectivity index (χ4v) is 2.95. The summed E-state index contributed by atoms with van der Waals surface area (Å²) >= 11 is 5.94. The number of fused-ring (bicyclic) bond motifs is 1. The number of ether oxygens (including phenoxy) is 1. The zero-order chi connectivity index (χ0) is 18.8. The lowest BCUT2D eigenvalue weighted by atomic mass is 10.1. The quantitative estimate of drug-likeness (QED) is 0.453. The van der Waals surface area contributed by atoms with Gasteiger partial charge in [0, 0.05) is 10.6 Å². The molecule has 0 saturated heterocycles. The molecule has 1 heterocycles. The summed E-state index contributed by atoms with van der Waals surface area (Å²) in [6.07, 6.45) is 0. The summed E-state index contributed by atoms with van der Waals surface area (Å²) in [6.45, 7) is 0. The van der Waals surface area contributed by atoms with Gasteiger partial charge in [0.25, 0.3) is 0 Å². The van der Waals surface area contributed by atoms with Gasteiger partial charge in [-0.3, -0.25) is 4.79 Å². The van der Waals surface area contributed by atoms with Crippen LogP contribution in [0.2, 0.25) is 5.02 Å². The highest BCUT2D eigenvalue weighted by Gasteiger charge is 2.21. The molecule has 0 aliphatic rings. The second-order valence-corrected chi connectivity index (χ2v) is 6.29. The monoisotopic (exact) mass is 376 g/mol. The predicted molar refractivity (Wildman–Crippen MR) is 104 cm³/mol. The van der Waals surface area contributed by atoms with Crippen molar-refractivity contribution in [3.8, 4) is 17.1 Å². The summed E-state index contributed by atoms with van der Waals surface area (Å²) in [5.41, 5.74) is 0.887. The highest BCUT2D eigenvalue weighted by molar-refractivity contribution is 6.30. The Kier molecular flexibility index (Phi) is 4.48. The van der Waals surface area contributed by atoms with Gasteiger partial charge >= 0.3 is 5.97 Å². The normalized spacial score (nSPS) is 10.7. The van der Waals surface area contributed by atoms with Crippen molar-refractivity contribution in [2.24, 2.45) is 0 Å². The van der Waals surface area contributed by atoms with Crippen molar-refractivity contribution in [3.63, 3.8) is 0 Å². The molecule has 0 aliphatic carbocycles. The summed E-state index contributed by atoms with van der Waals surface area (Å²) in [4.78, 5) is 25.6. The summed E-state index contributed by atoms with van der Waals surface area (Å²) in [5, 5.41) is 0.740. The smallest absolute Gasteiger partial charge is 0.343 e. The highest BCUT2D eigenvalue weighted by atomic mass is 35.5. The molecule has 0 fully saturated rings. The number of hydrogen-bond donors (Lipinski definition) is 0. The van der Waals surface area contributed by atoms with Crippen LogP contribution in [-0.2, 0) is 0 Å². The summed E-state index contributed by atoms with van der Waals surface area (Å²) < 4.78 is 11.4. The van der Waals surface area contributed by atoms with Crippen molar-refractivity contribution < 1.29 is 13.9 Å². The molecule has 4 aromatic rings. The van der Waals surface area contributed by atoms with Crippen LogP contribution in [0.3, 0.4) is 0 Å². The largest absolute Gasteiger partial charge is 0.452 e. The number of hydrogen-bond acceptors (Lipinski definition) is 4. The molecule has 132 valence electrons. The topological polar surface area (TPSA) is 56.5 Å². The third-order valence-electron chi connectivity index (χ3n) is 4.05. The fourth-order valence-electron chi connectivity index (χ4n) is 2.76. The molecule has 0 unspecified atom stereocenters. The van der Waals surface area contributed by atoms with E-state index in [0.29, 0.717) is 21.6 Å². The van der Waals surface area contributed by atoms with E-state index in [0.717, 1.165) is 0 Å². The first-order valence-corrected chi connectivity index (χ1v) is 8.60. The minimum atomic E-state index is -0.683. The molecule has 0 spiro atoms. The predicted octanol–water partition coefficient (Wildman–Crippen LogP) is 5.33. The van der Waals surface area contributed by atoms with Crippen LogP contribution in [0.4, 0.5) is 0 Å². The molecule has 0 N–H and O–H groups in total. The van der Waals surface area contributed by atoms with Crippen molar-refractivity contribution in [1.82, 2.24) is 0 Å². The molecule has 4 rings (SSSR count). The Bertz CT molecular complexity index is 1200. The van der Waals surface area contributed by atoms with Crippen molar-refractivity contribution >= 4 is 28.5 Å². The van der Waals surface area contributed by atoms with Crippen LogP contribution < -0.4 is 10.2 Å². The standard InChI is InChI=1S/C22H13ClO4/c23-16-10-6-9-15(13-16)22(25)27-21-19(24)17-11-4-5-12-18(17)26-20(21)14-7-2-1-3-8-14/h1-13H. The SMILES string of the molecule is O=C(Oc1c(-c2ccccc2)oc2ccccc2c1=O)c1cccc(Cl)c1. The highest BCUT2D eigenvalue weighted by Crippen LogP contribution is 2.31. The van der Waals surface area contributed by atoms with Gasteiger partial charge in [-0.2, -0.15) is 0 Å². The van der Waals surface area contributed by atoms with Crippen LogP contribution in [0.15, 0.2) is 88.1 Å². The maximum atomic E-state index is 13.0. The Morgan fingerprint density at radius 2 is 1.63 bits per heavy atom. The maximum Gasteiger partial charge on any atom is 0.343 e. The lowest BCUT2D eigenvalue weighted by molar-refractivity contribution is 0.0731. The van der Waals surface area contributed by atoms with Crippen LogP contribution in [-0.4, -0.2) is 5.97 Å².